The molecule has 0 aliphatic heterocycles. The molecule has 0 heterocycles. The Bertz CT molecular complexity index is 408. The van der Waals surface area contributed by atoms with E-state index in [2.05, 4.69) is 6.58 Å². The summed E-state index contributed by atoms with van der Waals surface area (Å²) >= 11 is 0. The lowest BCUT2D eigenvalue weighted by atomic mass is 9.71. The molecule has 0 radical (unpaired) electrons. The van der Waals surface area contributed by atoms with Crippen molar-refractivity contribution in [3.63, 3.8) is 0 Å². The average molecular weight is 234 g/mol. The molecular weight excluding hydrogens is 216 g/mol. The van der Waals surface area contributed by atoms with E-state index in [9.17, 15) is 9.59 Å². The van der Waals surface area contributed by atoms with Crippen molar-refractivity contribution in [2.24, 2.45) is 17.3 Å². The number of ketones is 1. The van der Waals surface area contributed by atoms with Crippen molar-refractivity contribution in [2.75, 3.05) is 6.61 Å². The molecule has 0 aromatic heterocycles. The van der Waals surface area contributed by atoms with E-state index in [0.717, 1.165) is 18.4 Å². The van der Waals surface area contributed by atoms with Gasteiger partial charge in [0.25, 0.3) is 0 Å². The topological polar surface area (TPSA) is 43.4 Å². The van der Waals surface area contributed by atoms with E-state index in [4.69, 9.17) is 4.74 Å². The molecule has 0 saturated heterocycles. The lowest BCUT2D eigenvalue weighted by Crippen LogP contribution is -2.44. The minimum Gasteiger partial charge on any atom is -0.465 e. The molecule has 0 aromatic carbocycles. The van der Waals surface area contributed by atoms with E-state index in [1.807, 2.05) is 6.92 Å². The van der Waals surface area contributed by atoms with E-state index >= 15 is 0 Å². The highest BCUT2D eigenvalue weighted by atomic mass is 16.5. The summed E-state index contributed by atoms with van der Waals surface area (Å²) in [6.45, 7) is 7.77. The molecule has 17 heavy (non-hydrogen) atoms. The summed E-state index contributed by atoms with van der Waals surface area (Å²) in [6.07, 6.45) is 5.05. The number of hydrogen-bond acceptors (Lipinski definition) is 3. The smallest absolute Gasteiger partial charge is 0.321 e. The van der Waals surface area contributed by atoms with E-state index < -0.39 is 5.41 Å². The number of esters is 1. The van der Waals surface area contributed by atoms with Gasteiger partial charge in [0.15, 0.2) is 5.78 Å². The minimum absolute atomic E-state index is 0.0112. The Labute approximate surface area is 102 Å². The molecule has 1 saturated carbocycles. The highest BCUT2D eigenvalue weighted by Gasteiger charge is 2.63. The van der Waals surface area contributed by atoms with Crippen LogP contribution in [0.2, 0.25) is 0 Å². The summed E-state index contributed by atoms with van der Waals surface area (Å²) in [6, 6.07) is 0. The average Bonchev–Trinajstić information content (AvgIpc) is 2.78. The number of allylic oxidation sites excluding steroid dienone is 3. The fraction of sp³-hybridized carbons (Fsp3) is 0.571. The first kappa shape index (κ1) is 12.1. The molecule has 0 bridgehead atoms. The van der Waals surface area contributed by atoms with Gasteiger partial charge in [0, 0.05) is 11.8 Å². The van der Waals surface area contributed by atoms with Crippen LogP contribution in [0.25, 0.3) is 0 Å². The summed E-state index contributed by atoms with van der Waals surface area (Å²) in [7, 11) is 0. The molecule has 2 aliphatic carbocycles. The number of carbonyl (C=O) groups is 2. The van der Waals surface area contributed by atoms with E-state index in [0.29, 0.717) is 6.61 Å². The van der Waals surface area contributed by atoms with Gasteiger partial charge in [-0.05, 0) is 32.8 Å². The molecule has 0 spiro atoms. The molecule has 2 aliphatic rings. The molecule has 0 amide bonds. The van der Waals surface area contributed by atoms with Crippen molar-refractivity contribution in [1.29, 1.82) is 0 Å². The van der Waals surface area contributed by atoms with Crippen LogP contribution in [-0.4, -0.2) is 18.4 Å². The van der Waals surface area contributed by atoms with Gasteiger partial charge in [-0.1, -0.05) is 11.6 Å². The fourth-order valence-corrected chi connectivity index (χ4v) is 3.38. The van der Waals surface area contributed by atoms with Crippen molar-refractivity contribution >= 4 is 11.8 Å². The summed E-state index contributed by atoms with van der Waals surface area (Å²) in [4.78, 5) is 24.5. The third-order valence-corrected chi connectivity index (χ3v) is 4.11. The van der Waals surface area contributed by atoms with Crippen LogP contribution < -0.4 is 0 Å². The first-order valence-corrected chi connectivity index (χ1v) is 6.11. The van der Waals surface area contributed by atoms with Gasteiger partial charge in [-0.25, -0.2) is 0 Å². The predicted octanol–water partition coefficient (Wildman–Crippen LogP) is 2.28. The van der Waals surface area contributed by atoms with Gasteiger partial charge in [-0.3, -0.25) is 9.59 Å². The quantitative estimate of drug-likeness (QED) is 0.427. The van der Waals surface area contributed by atoms with Crippen molar-refractivity contribution in [1.82, 2.24) is 0 Å². The van der Waals surface area contributed by atoms with Crippen molar-refractivity contribution < 1.29 is 14.3 Å². The minimum atomic E-state index is -0.998. The zero-order valence-electron chi connectivity index (χ0n) is 10.4. The third kappa shape index (κ3) is 1.41. The monoisotopic (exact) mass is 234 g/mol. The molecule has 3 heteroatoms. The Morgan fingerprint density at radius 3 is 2.94 bits per heavy atom. The summed E-state index contributed by atoms with van der Waals surface area (Å²) in [5.74, 6) is -0.545. The highest BCUT2D eigenvalue weighted by molar-refractivity contribution is 6.13. The maximum Gasteiger partial charge on any atom is 0.321 e. The molecule has 3 nitrogen and oxygen atoms in total. The second-order valence-electron chi connectivity index (χ2n) is 4.81. The number of fused-ring (bicyclic) bond motifs is 1. The van der Waals surface area contributed by atoms with Crippen molar-refractivity contribution in [3.05, 3.63) is 24.3 Å². The Balaban J connectivity index is 2.46. The van der Waals surface area contributed by atoms with Crippen LogP contribution in [0.5, 0.6) is 0 Å². The van der Waals surface area contributed by atoms with Gasteiger partial charge in [0.2, 0.25) is 0 Å². The van der Waals surface area contributed by atoms with Crippen LogP contribution in [0, 0.1) is 17.3 Å². The predicted molar refractivity (Wildman–Crippen MR) is 64.2 cm³/mol. The largest absolute Gasteiger partial charge is 0.465 e. The van der Waals surface area contributed by atoms with E-state index in [1.54, 1.807) is 19.1 Å². The fourth-order valence-electron chi connectivity index (χ4n) is 3.38. The number of rotatable bonds is 3. The number of ether oxygens (including phenoxy) is 1. The zero-order chi connectivity index (χ0) is 12.6. The van der Waals surface area contributed by atoms with Crippen LogP contribution in [0.15, 0.2) is 24.3 Å². The number of hydrogen-bond donors (Lipinski definition) is 0. The third-order valence-electron chi connectivity index (χ3n) is 4.11. The molecule has 3 atom stereocenters. The lowest BCUT2D eigenvalue weighted by Gasteiger charge is -2.30. The van der Waals surface area contributed by atoms with Crippen LogP contribution in [-0.2, 0) is 14.3 Å². The standard InChI is InChI=1S/C14H18O3/c1-4-10-6-7-11-9(3)8-12(15)14(10,11)13(16)17-5-2/h4,8,10-11H,1,5-7H2,2-3H3/t10-,11-,14+/m1/s1. The normalized spacial score (nSPS) is 35.4. The maximum atomic E-state index is 12.2. The van der Waals surface area contributed by atoms with Gasteiger partial charge >= 0.3 is 5.97 Å². The van der Waals surface area contributed by atoms with E-state index in [-0.39, 0.29) is 23.6 Å². The Hall–Kier alpha value is -1.38. The first-order chi connectivity index (χ1) is 8.08. The Morgan fingerprint density at radius 1 is 1.65 bits per heavy atom. The van der Waals surface area contributed by atoms with Gasteiger partial charge in [0.05, 0.1) is 6.61 Å². The summed E-state index contributed by atoms with van der Waals surface area (Å²) < 4.78 is 5.14. The van der Waals surface area contributed by atoms with Gasteiger partial charge < -0.3 is 4.74 Å². The second kappa shape index (κ2) is 4.13. The van der Waals surface area contributed by atoms with Crippen LogP contribution in [0.1, 0.15) is 26.7 Å². The lowest BCUT2D eigenvalue weighted by molar-refractivity contribution is -0.161. The molecule has 0 unspecified atom stereocenters. The van der Waals surface area contributed by atoms with Crippen molar-refractivity contribution in [3.8, 4) is 0 Å². The summed E-state index contributed by atoms with van der Waals surface area (Å²) in [5.41, 5.74) is 0.00868. The second-order valence-corrected chi connectivity index (χ2v) is 4.81. The Morgan fingerprint density at radius 2 is 2.35 bits per heavy atom. The van der Waals surface area contributed by atoms with Gasteiger partial charge in [0.1, 0.15) is 5.41 Å². The molecule has 2 rings (SSSR count). The van der Waals surface area contributed by atoms with Gasteiger partial charge in [-0.2, -0.15) is 0 Å². The van der Waals surface area contributed by atoms with Crippen LogP contribution in [0.3, 0.4) is 0 Å². The Kier molecular flexibility index (Phi) is 2.94. The number of carbonyl (C=O) groups excluding carboxylic acids is 2. The highest BCUT2D eigenvalue weighted by Crippen LogP contribution is 2.56. The van der Waals surface area contributed by atoms with E-state index in [1.165, 1.54) is 0 Å². The molecule has 92 valence electrons. The van der Waals surface area contributed by atoms with Crippen molar-refractivity contribution in [2.45, 2.75) is 26.7 Å². The molecule has 1 fully saturated rings. The molecular formula is C14H18O3. The summed E-state index contributed by atoms with van der Waals surface area (Å²) in [5, 5.41) is 0. The van der Waals surface area contributed by atoms with Gasteiger partial charge in [-0.15, -0.1) is 6.58 Å². The van der Waals surface area contributed by atoms with Crippen LogP contribution in [0.4, 0.5) is 0 Å². The zero-order valence-corrected chi connectivity index (χ0v) is 10.4. The SMILES string of the molecule is C=C[C@@H]1CC[C@@H]2C(C)=CC(=O)[C@]12C(=O)OCC. The maximum absolute atomic E-state index is 12.2. The molecule has 0 aromatic rings. The molecule has 0 N–H and O–H groups in total. The van der Waals surface area contributed by atoms with Crippen LogP contribution >= 0.6 is 0 Å². The first-order valence-electron chi connectivity index (χ1n) is 6.11.